The number of benzene rings is 1. The Labute approximate surface area is 139 Å². The summed E-state index contributed by atoms with van der Waals surface area (Å²) in [4.78, 5) is 14.8. The van der Waals surface area contributed by atoms with Crippen molar-refractivity contribution >= 4 is 5.78 Å². The highest BCUT2D eigenvalue weighted by atomic mass is 16.5. The van der Waals surface area contributed by atoms with E-state index >= 15 is 0 Å². The third-order valence-electron chi connectivity index (χ3n) is 4.22. The summed E-state index contributed by atoms with van der Waals surface area (Å²) in [6, 6.07) is 8.33. The van der Waals surface area contributed by atoms with Crippen LogP contribution in [0.1, 0.15) is 51.5 Å². The lowest BCUT2D eigenvalue weighted by Crippen LogP contribution is -2.26. The summed E-state index contributed by atoms with van der Waals surface area (Å²) < 4.78 is 5.22. The van der Waals surface area contributed by atoms with Crippen molar-refractivity contribution in [1.29, 1.82) is 0 Å². The second kappa shape index (κ2) is 8.00. The van der Waals surface area contributed by atoms with Gasteiger partial charge < -0.3 is 9.64 Å². The molecular weight excluding hydrogens is 286 g/mol. The number of ketones is 1. The summed E-state index contributed by atoms with van der Waals surface area (Å²) in [5, 5.41) is 0. The van der Waals surface area contributed by atoms with Crippen molar-refractivity contribution in [3.8, 4) is 5.75 Å². The summed E-state index contributed by atoms with van der Waals surface area (Å²) in [5.41, 5.74) is 2.02. The van der Waals surface area contributed by atoms with Crippen LogP contribution in [-0.4, -0.2) is 23.8 Å². The number of carbonyl (C=O) groups is 1. The molecule has 124 valence electrons. The summed E-state index contributed by atoms with van der Waals surface area (Å²) in [7, 11) is 1.66. The van der Waals surface area contributed by atoms with Crippen molar-refractivity contribution in [2.24, 2.45) is 0 Å². The van der Waals surface area contributed by atoms with Crippen molar-refractivity contribution < 1.29 is 9.53 Å². The monoisotopic (exact) mass is 313 g/mol. The SMILES string of the molecule is CCCCC(=O)C1=CN(C(C)C)C=C[C@H]1c1ccc(OC)cc1. The van der Waals surface area contributed by atoms with Crippen molar-refractivity contribution in [3.63, 3.8) is 0 Å². The molecule has 0 radical (unpaired) electrons. The number of methoxy groups -OCH3 is 1. The average molecular weight is 313 g/mol. The van der Waals surface area contributed by atoms with Crippen LogP contribution in [0.15, 0.2) is 48.3 Å². The minimum Gasteiger partial charge on any atom is -0.497 e. The van der Waals surface area contributed by atoms with E-state index in [0.29, 0.717) is 12.5 Å². The van der Waals surface area contributed by atoms with Crippen LogP contribution >= 0.6 is 0 Å². The molecule has 0 aromatic heterocycles. The van der Waals surface area contributed by atoms with Crippen molar-refractivity contribution in [1.82, 2.24) is 4.90 Å². The minimum atomic E-state index is 0.0280. The van der Waals surface area contributed by atoms with Crippen molar-refractivity contribution in [3.05, 3.63) is 53.9 Å². The molecule has 0 N–H and O–H groups in total. The molecule has 2 rings (SSSR count). The topological polar surface area (TPSA) is 29.5 Å². The molecule has 0 unspecified atom stereocenters. The van der Waals surface area contributed by atoms with E-state index in [1.54, 1.807) is 7.11 Å². The molecular formula is C20H27NO2. The van der Waals surface area contributed by atoms with Crippen LogP contribution in [-0.2, 0) is 4.79 Å². The highest BCUT2D eigenvalue weighted by Crippen LogP contribution is 2.32. The van der Waals surface area contributed by atoms with Gasteiger partial charge in [0.05, 0.1) is 7.11 Å². The van der Waals surface area contributed by atoms with Gasteiger partial charge in [0.25, 0.3) is 0 Å². The van der Waals surface area contributed by atoms with E-state index in [2.05, 4.69) is 37.9 Å². The van der Waals surface area contributed by atoms with Gasteiger partial charge in [0.15, 0.2) is 5.78 Å². The Hall–Kier alpha value is -2.03. The van der Waals surface area contributed by atoms with E-state index in [0.717, 1.165) is 29.7 Å². The second-order valence-corrected chi connectivity index (χ2v) is 6.24. The van der Waals surface area contributed by atoms with Gasteiger partial charge in [-0.1, -0.05) is 31.6 Å². The number of hydrogen-bond donors (Lipinski definition) is 0. The van der Waals surface area contributed by atoms with Gasteiger partial charge in [-0.25, -0.2) is 0 Å². The molecule has 1 aliphatic rings. The van der Waals surface area contributed by atoms with E-state index in [-0.39, 0.29) is 11.7 Å². The molecule has 3 heteroatoms. The fraction of sp³-hybridized carbons (Fsp3) is 0.450. The Morgan fingerprint density at radius 2 is 1.96 bits per heavy atom. The van der Waals surface area contributed by atoms with E-state index in [4.69, 9.17) is 4.74 Å². The van der Waals surface area contributed by atoms with Gasteiger partial charge in [-0.05, 0) is 38.0 Å². The number of hydrogen-bond acceptors (Lipinski definition) is 3. The van der Waals surface area contributed by atoms with Gasteiger partial charge in [0, 0.05) is 36.4 Å². The maximum Gasteiger partial charge on any atom is 0.161 e. The fourth-order valence-electron chi connectivity index (χ4n) is 2.72. The number of carbonyl (C=O) groups excluding carboxylic acids is 1. The molecule has 1 aromatic carbocycles. The Morgan fingerprint density at radius 3 is 2.52 bits per heavy atom. The van der Waals surface area contributed by atoms with E-state index < -0.39 is 0 Å². The quantitative estimate of drug-likeness (QED) is 0.733. The molecule has 0 saturated heterocycles. The van der Waals surface area contributed by atoms with Gasteiger partial charge in [0.1, 0.15) is 5.75 Å². The van der Waals surface area contributed by atoms with Gasteiger partial charge in [0.2, 0.25) is 0 Å². The van der Waals surface area contributed by atoms with Crippen LogP contribution < -0.4 is 4.74 Å². The molecule has 3 nitrogen and oxygen atoms in total. The van der Waals surface area contributed by atoms with Crippen LogP contribution in [0.2, 0.25) is 0 Å². The molecule has 1 heterocycles. The van der Waals surface area contributed by atoms with E-state index in [1.165, 1.54) is 0 Å². The first kappa shape index (κ1) is 17.3. The number of rotatable bonds is 7. The summed E-state index contributed by atoms with van der Waals surface area (Å²) in [6.07, 6.45) is 8.83. The van der Waals surface area contributed by atoms with Crippen LogP contribution in [0.4, 0.5) is 0 Å². The van der Waals surface area contributed by atoms with E-state index in [9.17, 15) is 4.79 Å². The lowest BCUT2D eigenvalue weighted by atomic mass is 9.86. The first-order chi connectivity index (χ1) is 11.1. The standard InChI is InChI=1S/C20H27NO2/c1-5-6-7-20(22)19-14-21(15(2)3)13-12-18(19)16-8-10-17(23-4)11-9-16/h8-15,18H,5-7H2,1-4H3/t18-/m0/s1. The lowest BCUT2D eigenvalue weighted by Gasteiger charge is -2.29. The molecule has 23 heavy (non-hydrogen) atoms. The molecule has 0 saturated carbocycles. The molecule has 0 bridgehead atoms. The Morgan fingerprint density at radius 1 is 1.26 bits per heavy atom. The van der Waals surface area contributed by atoms with Crippen molar-refractivity contribution in [2.45, 2.75) is 52.0 Å². The Bertz CT molecular complexity index is 584. The number of nitrogens with zero attached hydrogens (tertiary/aromatic N) is 1. The molecule has 0 amide bonds. The second-order valence-electron chi connectivity index (χ2n) is 6.24. The van der Waals surface area contributed by atoms with E-state index in [1.807, 2.05) is 30.5 Å². The smallest absolute Gasteiger partial charge is 0.161 e. The molecule has 1 aliphatic heterocycles. The third kappa shape index (κ3) is 4.25. The summed E-state index contributed by atoms with van der Waals surface area (Å²) >= 11 is 0. The normalized spacial score (nSPS) is 17.3. The zero-order chi connectivity index (χ0) is 16.8. The number of unbranched alkanes of at least 4 members (excludes halogenated alkanes) is 1. The predicted molar refractivity (Wildman–Crippen MR) is 94.5 cm³/mol. The van der Waals surface area contributed by atoms with Crippen LogP contribution in [0.25, 0.3) is 0 Å². The first-order valence-electron chi connectivity index (χ1n) is 8.41. The van der Waals surface area contributed by atoms with Gasteiger partial charge >= 0.3 is 0 Å². The van der Waals surface area contributed by atoms with Gasteiger partial charge in [-0.15, -0.1) is 0 Å². The molecule has 1 atom stereocenters. The number of allylic oxidation sites excluding steroid dienone is 2. The highest BCUT2D eigenvalue weighted by molar-refractivity contribution is 5.97. The predicted octanol–water partition coefficient (Wildman–Crippen LogP) is 4.66. The minimum absolute atomic E-state index is 0.0280. The number of ether oxygens (including phenoxy) is 1. The Kier molecular flexibility index (Phi) is 6.03. The largest absolute Gasteiger partial charge is 0.497 e. The van der Waals surface area contributed by atoms with Gasteiger partial charge in [-0.3, -0.25) is 4.79 Å². The molecule has 0 spiro atoms. The molecule has 0 fully saturated rings. The Balaban J connectivity index is 2.29. The fourth-order valence-corrected chi connectivity index (χ4v) is 2.72. The maximum absolute atomic E-state index is 12.7. The number of Topliss-reactive ketones (excluding diaryl/α,β-unsaturated/α-hetero) is 1. The zero-order valence-electron chi connectivity index (χ0n) is 14.6. The van der Waals surface area contributed by atoms with Crippen LogP contribution in [0.5, 0.6) is 5.75 Å². The van der Waals surface area contributed by atoms with Crippen molar-refractivity contribution in [2.75, 3.05) is 7.11 Å². The highest BCUT2D eigenvalue weighted by Gasteiger charge is 2.24. The molecule has 0 aliphatic carbocycles. The van der Waals surface area contributed by atoms with Gasteiger partial charge in [-0.2, -0.15) is 0 Å². The molecule has 1 aromatic rings. The third-order valence-corrected chi connectivity index (χ3v) is 4.22. The lowest BCUT2D eigenvalue weighted by molar-refractivity contribution is -0.116. The summed E-state index contributed by atoms with van der Waals surface area (Å²) in [6.45, 7) is 6.37. The van der Waals surface area contributed by atoms with Crippen LogP contribution in [0.3, 0.4) is 0 Å². The maximum atomic E-state index is 12.7. The average Bonchev–Trinajstić information content (AvgIpc) is 2.59. The zero-order valence-corrected chi connectivity index (χ0v) is 14.6. The van der Waals surface area contributed by atoms with Crippen LogP contribution in [0, 0.1) is 0 Å². The first-order valence-corrected chi connectivity index (χ1v) is 8.41. The summed E-state index contributed by atoms with van der Waals surface area (Å²) in [5.74, 6) is 1.11.